The van der Waals surface area contributed by atoms with Crippen LogP contribution in [0.15, 0.2) is 18.2 Å². The van der Waals surface area contributed by atoms with E-state index in [9.17, 15) is 15.2 Å². The van der Waals surface area contributed by atoms with Gasteiger partial charge in [-0.3, -0.25) is 10.1 Å². The summed E-state index contributed by atoms with van der Waals surface area (Å²) in [7, 11) is 0. The zero-order valence-corrected chi connectivity index (χ0v) is 11.6. The molecule has 1 saturated carbocycles. The standard InChI is InChI=1S/C14H18N4O3/c19-8-10-3-1-2-9(10)7-15-14-16-12-5-4-11(18(20)21)6-13(12)17-14/h4-6,9-10,19H,1-3,7-8H2,(H2,15,16,17). The highest BCUT2D eigenvalue weighted by atomic mass is 16.6. The molecule has 0 radical (unpaired) electrons. The van der Waals surface area contributed by atoms with Gasteiger partial charge >= 0.3 is 0 Å². The molecule has 2 aromatic rings. The van der Waals surface area contributed by atoms with Crippen LogP contribution >= 0.6 is 0 Å². The number of hydrogen-bond donors (Lipinski definition) is 3. The Balaban J connectivity index is 1.71. The van der Waals surface area contributed by atoms with Crippen molar-refractivity contribution in [3.8, 4) is 0 Å². The van der Waals surface area contributed by atoms with E-state index in [2.05, 4.69) is 15.3 Å². The number of hydrogen-bond acceptors (Lipinski definition) is 5. The van der Waals surface area contributed by atoms with Crippen molar-refractivity contribution in [2.45, 2.75) is 19.3 Å². The van der Waals surface area contributed by atoms with Crippen molar-refractivity contribution in [1.29, 1.82) is 0 Å². The van der Waals surface area contributed by atoms with Gasteiger partial charge in [-0.25, -0.2) is 4.98 Å². The van der Waals surface area contributed by atoms with Crippen molar-refractivity contribution in [2.24, 2.45) is 11.8 Å². The van der Waals surface area contributed by atoms with Crippen molar-refractivity contribution in [1.82, 2.24) is 9.97 Å². The van der Waals surface area contributed by atoms with Gasteiger partial charge in [-0.05, 0) is 30.7 Å². The molecule has 3 rings (SSSR count). The summed E-state index contributed by atoms with van der Waals surface area (Å²) in [6.07, 6.45) is 3.35. The Bertz CT molecular complexity index is 655. The van der Waals surface area contributed by atoms with Crippen LogP contribution in [-0.2, 0) is 0 Å². The first-order valence-electron chi connectivity index (χ1n) is 7.16. The van der Waals surface area contributed by atoms with Crippen LogP contribution in [0.2, 0.25) is 0 Å². The number of benzene rings is 1. The number of nitro groups is 1. The Morgan fingerprint density at radius 3 is 3.00 bits per heavy atom. The Kier molecular flexibility index (Phi) is 3.74. The summed E-state index contributed by atoms with van der Waals surface area (Å²) >= 11 is 0. The van der Waals surface area contributed by atoms with Gasteiger partial charge < -0.3 is 15.4 Å². The van der Waals surface area contributed by atoms with E-state index >= 15 is 0 Å². The number of nitro benzene ring substituents is 1. The highest BCUT2D eigenvalue weighted by Gasteiger charge is 2.26. The first-order chi connectivity index (χ1) is 10.2. The number of nitrogens with zero attached hydrogens (tertiary/aromatic N) is 2. The molecule has 0 amide bonds. The molecule has 7 nitrogen and oxygen atoms in total. The molecule has 1 aliphatic carbocycles. The molecule has 1 aliphatic rings. The van der Waals surface area contributed by atoms with Crippen LogP contribution in [0.3, 0.4) is 0 Å². The number of non-ortho nitro benzene ring substituents is 1. The van der Waals surface area contributed by atoms with Crippen LogP contribution in [-0.4, -0.2) is 33.1 Å². The predicted octanol–water partition coefficient (Wildman–Crippen LogP) is 2.29. The van der Waals surface area contributed by atoms with E-state index in [-0.39, 0.29) is 12.3 Å². The van der Waals surface area contributed by atoms with E-state index in [1.807, 2.05) is 0 Å². The maximum Gasteiger partial charge on any atom is 0.271 e. The summed E-state index contributed by atoms with van der Waals surface area (Å²) in [5.41, 5.74) is 1.40. The van der Waals surface area contributed by atoms with E-state index in [1.165, 1.54) is 12.1 Å². The second-order valence-corrected chi connectivity index (χ2v) is 5.56. The summed E-state index contributed by atoms with van der Waals surface area (Å²) in [6.45, 7) is 0.992. The monoisotopic (exact) mass is 290 g/mol. The molecule has 2 atom stereocenters. The molecule has 0 saturated heterocycles. The quantitative estimate of drug-likeness (QED) is 0.579. The van der Waals surface area contributed by atoms with E-state index in [4.69, 9.17) is 0 Å². The number of anilines is 1. The molecular formula is C14H18N4O3. The third-order valence-corrected chi connectivity index (χ3v) is 4.26. The minimum atomic E-state index is -0.419. The minimum Gasteiger partial charge on any atom is -0.396 e. The van der Waals surface area contributed by atoms with E-state index in [0.717, 1.165) is 25.8 Å². The largest absolute Gasteiger partial charge is 0.396 e. The number of imidazole rings is 1. The molecule has 0 bridgehead atoms. The van der Waals surface area contributed by atoms with E-state index < -0.39 is 4.92 Å². The zero-order valence-electron chi connectivity index (χ0n) is 11.6. The molecule has 0 spiro atoms. The molecule has 21 heavy (non-hydrogen) atoms. The lowest BCUT2D eigenvalue weighted by atomic mass is 9.97. The molecule has 112 valence electrons. The van der Waals surface area contributed by atoms with Gasteiger partial charge in [-0.2, -0.15) is 0 Å². The van der Waals surface area contributed by atoms with Gasteiger partial charge in [0.2, 0.25) is 5.95 Å². The van der Waals surface area contributed by atoms with E-state index in [1.54, 1.807) is 6.07 Å². The number of aromatic amines is 1. The summed E-state index contributed by atoms with van der Waals surface area (Å²) in [5.74, 6) is 1.44. The van der Waals surface area contributed by atoms with Crippen LogP contribution in [0.1, 0.15) is 19.3 Å². The van der Waals surface area contributed by atoms with Crippen LogP contribution in [0, 0.1) is 22.0 Å². The van der Waals surface area contributed by atoms with Crippen molar-refractivity contribution in [2.75, 3.05) is 18.5 Å². The SMILES string of the molecule is O=[N+]([O-])c1ccc2nc(NCC3CCCC3CO)[nH]c2c1. The number of nitrogens with one attached hydrogen (secondary N) is 2. The molecule has 2 unspecified atom stereocenters. The maximum absolute atomic E-state index is 10.8. The zero-order chi connectivity index (χ0) is 14.8. The summed E-state index contributed by atoms with van der Waals surface area (Å²) < 4.78 is 0. The topological polar surface area (TPSA) is 104 Å². The van der Waals surface area contributed by atoms with Crippen molar-refractivity contribution in [3.05, 3.63) is 28.3 Å². The smallest absolute Gasteiger partial charge is 0.271 e. The molecular weight excluding hydrogens is 272 g/mol. The first-order valence-corrected chi connectivity index (χ1v) is 7.16. The van der Waals surface area contributed by atoms with Crippen molar-refractivity contribution < 1.29 is 10.0 Å². The second-order valence-electron chi connectivity index (χ2n) is 5.56. The Morgan fingerprint density at radius 2 is 2.24 bits per heavy atom. The fourth-order valence-corrected chi connectivity index (χ4v) is 3.05. The molecule has 1 heterocycles. The van der Waals surface area contributed by atoms with Gasteiger partial charge in [-0.15, -0.1) is 0 Å². The maximum atomic E-state index is 10.8. The molecule has 3 N–H and O–H groups in total. The summed E-state index contributed by atoms with van der Waals surface area (Å²) in [5, 5.41) is 23.3. The van der Waals surface area contributed by atoms with Crippen LogP contribution in [0.5, 0.6) is 0 Å². The van der Waals surface area contributed by atoms with Crippen LogP contribution < -0.4 is 5.32 Å². The van der Waals surface area contributed by atoms with Gasteiger partial charge in [0.15, 0.2) is 0 Å². The van der Waals surface area contributed by atoms with Crippen molar-refractivity contribution >= 4 is 22.7 Å². The third kappa shape index (κ3) is 2.82. The molecule has 7 heteroatoms. The van der Waals surface area contributed by atoms with Gasteiger partial charge in [0, 0.05) is 25.3 Å². The summed E-state index contributed by atoms with van der Waals surface area (Å²) in [4.78, 5) is 17.8. The second kappa shape index (κ2) is 5.69. The van der Waals surface area contributed by atoms with Gasteiger partial charge in [-0.1, -0.05) is 6.42 Å². The lowest BCUT2D eigenvalue weighted by molar-refractivity contribution is -0.384. The average Bonchev–Trinajstić information content (AvgIpc) is 3.09. The Labute approximate surface area is 121 Å². The lowest BCUT2D eigenvalue weighted by Gasteiger charge is -2.17. The average molecular weight is 290 g/mol. The third-order valence-electron chi connectivity index (χ3n) is 4.26. The predicted molar refractivity (Wildman–Crippen MR) is 79.2 cm³/mol. The van der Waals surface area contributed by atoms with E-state index in [0.29, 0.717) is 28.8 Å². The van der Waals surface area contributed by atoms with Crippen molar-refractivity contribution in [3.63, 3.8) is 0 Å². The highest BCUT2D eigenvalue weighted by molar-refractivity contribution is 5.79. The lowest BCUT2D eigenvalue weighted by Crippen LogP contribution is -2.21. The molecule has 0 aliphatic heterocycles. The first kappa shape index (κ1) is 13.8. The van der Waals surface area contributed by atoms with Gasteiger partial charge in [0.05, 0.1) is 16.0 Å². The Hall–Kier alpha value is -2.15. The minimum absolute atomic E-state index is 0.0498. The van der Waals surface area contributed by atoms with Gasteiger partial charge in [0.1, 0.15) is 0 Å². The molecule has 1 fully saturated rings. The number of aromatic nitrogens is 2. The number of rotatable bonds is 5. The number of H-pyrrole nitrogens is 1. The number of aliphatic hydroxyl groups is 1. The van der Waals surface area contributed by atoms with Crippen LogP contribution in [0.25, 0.3) is 11.0 Å². The molecule has 1 aromatic carbocycles. The summed E-state index contributed by atoms with van der Waals surface area (Å²) in [6, 6.07) is 4.58. The Morgan fingerprint density at radius 1 is 1.43 bits per heavy atom. The fourth-order valence-electron chi connectivity index (χ4n) is 3.05. The fraction of sp³-hybridized carbons (Fsp3) is 0.500. The normalized spacial score (nSPS) is 21.8. The van der Waals surface area contributed by atoms with Gasteiger partial charge in [0.25, 0.3) is 5.69 Å². The molecule has 1 aromatic heterocycles. The highest BCUT2D eigenvalue weighted by Crippen LogP contribution is 2.31. The number of fused-ring (bicyclic) bond motifs is 1. The van der Waals surface area contributed by atoms with Crippen LogP contribution in [0.4, 0.5) is 11.6 Å². The number of aliphatic hydroxyl groups excluding tert-OH is 1.